The second-order valence-corrected chi connectivity index (χ2v) is 7.88. The highest BCUT2D eigenvalue weighted by Gasteiger charge is 2.29. The molecule has 2 aromatic rings. The highest BCUT2D eigenvalue weighted by Crippen LogP contribution is 2.24. The fourth-order valence-corrected chi connectivity index (χ4v) is 3.57. The zero-order chi connectivity index (χ0) is 21.7. The van der Waals surface area contributed by atoms with Gasteiger partial charge in [0, 0.05) is 36.4 Å². The van der Waals surface area contributed by atoms with Crippen molar-refractivity contribution in [2.45, 2.75) is 40.0 Å². The van der Waals surface area contributed by atoms with Gasteiger partial charge in [0.1, 0.15) is 0 Å². The Morgan fingerprint density at radius 3 is 2.47 bits per heavy atom. The number of nitrogens with zero attached hydrogens (tertiary/aromatic N) is 1. The van der Waals surface area contributed by atoms with Gasteiger partial charge in [-0.2, -0.15) is 0 Å². The van der Waals surface area contributed by atoms with Crippen molar-refractivity contribution in [3.8, 4) is 0 Å². The second kappa shape index (κ2) is 9.57. The van der Waals surface area contributed by atoms with E-state index in [1.807, 2.05) is 50.2 Å². The molecule has 1 heterocycles. The summed E-state index contributed by atoms with van der Waals surface area (Å²) in [6, 6.07) is 13.0. The number of benzene rings is 2. The molecule has 6 heteroatoms. The minimum atomic E-state index is -0.263. The van der Waals surface area contributed by atoms with E-state index in [4.69, 9.17) is 0 Å². The van der Waals surface area contributed by atoms with Crippen molar-refractivity contribution >= 4 is 29.1 Å². The third kappa shape index (κ3) is 5.26. The Balaban J connectivity index is 1.67. The third-order valence-electron chi connectivity index (χ3n) is 5.48. The van der Waals surface area contributed by atoms with Crippen LogP contribution in [0.15, 0.2) is 42.5 Å². The third-order valence-corrected chi connectivity index (χ3v) is 5.48. The molecule has 1 saturated heterocycles. The average Bonchev–Trinajstić information content (AvgIpc) is 2.76. The molecule has 0 aromatic heterocycles. The summed E-state index contributed by atoms with van der Waals surface area (Å²) in [4.78, 5) is 39.2. The first-order chi connectivity index (χ1) is 14.4. The monoisotopic (exact) mass is 407 g/mol. The Morgan fingerprint density at radius 1 is 1.03 bits per heavy atom. The molecular formula is C24H29N3O3. The maximum atomic E-state index is 12.9. The molecule has 0 radical (unpaired) electrons. The molecule has 3 rings (SSSR count). The number of carbonyl (C=O) groups excluding carboxylic acids is 3. The summed E-state index contributed by atoms with van der Waals surface area (Å²) in [5, 5.41) is 5.80. The summed E-state index contributed by atoms with van der Waals surface area (Å²) in [6.45, 7) is 6.76. The van der Waals surface area contributed by atoms with Crippen molar-refractivity contribution in [1.82, 2.24) is 4.90 Å². The van der Waals surface area contributed by atoms with Gasteiger partial charge >= 0.3 is 0 Å². The maximum Gasteiger partial charge on any atom is 0.253 e. The van der Waals surface area contributed by atoms with Crippen LogP contribution in [-0.4, -0.2) is 35.7 Å². The van der Waals surface area contributed by atoms with Gasteiger partial charge in [-0.15, -0.1) is 0 Å². The van der Waals surface area contributed by atoms with Gasteiger partial charge in [-0.25, -0.2) is 0 Å². The lowest BCUT2D eigenvalue weighted by molar-refractivity contribution is -0.121. The lowest BCUT2D eigenvalue weighted by Gasteiger charge is -2.32. The van der Waals surface area contributed by atoms with Gasteiger partial charge in [-0.3, -0.25) is 14.4 Å². The number of hydrogen-bond acceptors (Lipinski definition) is 3. The van der Waals surface area contributed by atoms with E-state index in [1.165, 1.54) is 0 Å². The quantitative estimate of drug-likeness (QED) is 0.782. The van der Waals surface area contributed by atoms with Crippen molar-refractivity contribution < 1.29 is 14.4 Å². The molecule has 1 fully saturated rings. The highest BCUT2D eigenvalue weighted by atomic mass is 16.2. The molecule has 158 valence electrons. The van der Waals surface area contributed by atoms with E-state index in [-0.39, 0.29) is 23.6 Å². The number of carbonyl (C=O) groups is 3. The van der Waals surface area contributed by atoms with Gasteiger partial charge in [0.2, 0.25) is 11.8 Å². The van der Waals surface area contributed by atoms with Crippen LogP contribution in [0.1, 0.15) is 47.7 Å². The second-order valence-electron chi connectivity index (χ2n) is 7.88. The molecule has 2 N–H and O–H groups in total. The molecule has 1 aliphatic rings. The Morgan fingerprint density at radius 2 is 1.77 bits per heavy atom. The minimum absolute atomic E-state index is 0.0343. The number of rotatable bonds is 5. The van der Waals surface area contributed by atoms with Crippen molar-refractivity contribution in [2.75, 3.05) is 23.7 Å². The van der Waals surface area contributed by atoms with E-state index in [0.717, 1.165) is 24.0 Å². The maximum absolute atomic E-state index is 12.9. The molecular weight excluding hydrogens is 378 g/mol. The van der Waals surface area contributed by atoms with Crippen LogP contribution in [0.2, 0.25) is 0 Å². The zero-order valence-electron chi connectivity index (χ0n) is 17.8. The summed E-state index contributed by atoms with van der Waals surface area (Å²) < 4.78 is 0. The van der Waals surface area contributed by atoms with E-state index in [2.05, 4.69) is 10.6 Å². The van der Waals surface area contributed by atoms with Gasteiger partial charge in [0.25, 0.3) is 5.91 Å². The molecule has 2 aromatic carbocycles. The lowest BCUT2D eigenvalue weighted by atomic mass is 9.96. The van der Waals surface area contributed by atoms with Crippen LogP contribution < -0.4 is 10.6 Å². The number of nitrogens with one attached hydrogen (secondary N) is 2. The standard InChI is InChI=1S/C24H29N3O3/c1-4-22(28)25-20-12-9-17(3)21(14-20)26-23(29)19-6-5-13-27(15-19)24(30)18-10-7-16(2)8-11-18/h7-12,14,19H,4-6,13,15H2,1-3H3,(H,25,28)(H,26,29). The largest absolute Gasteiger partial charge is 0.338 e. The van der Waals surface area contributed by atoms with E-state index < -0.39 is 0 Å². The predicted molar refractivity (Wildman–Crippen MR) is 119 cm³/mol. The van der Waals surface area contributed by atoms with Crippen molar-refractivity contribution in [3.05, 3.63) is 59.2 Å². The van der Waals surface area contributed by atoms with Gasteiger partial charge in [0.05, 0.1) is 5.92 Å². The molecule has 3 amide bonds. The van der Waals surface area contributed by atoms with Gasteiger partial charge in [0.15, 0.2) is 0 Å². The van der Waals surface area contributed by atoms with Crippen LogP contribution in [0, 0.1) is 19.8 Å². The van der Waals surface area contributed by atoms with Crippen LogP contribution >= 0.6 is 0 Å². The van der Waals surface area contributed by atoms with E-state index >= 15 is 0 Å². The van der Waals surface area contributed by atoms with Gasteiger partial charge < -0.3 is 15.5 Å². The number of piperidine rings is 1. The van der Waals surface area contributed by atoms with E-state index in [9.17, 15) is 14.4 Å². The van der Waals surface area contributed by atoms with Crippen LogP contribution in [0.25, 0.3) is 0 Å². The van der Waals surface area contributed by atoms with Gasteiger partial charge in [-0.1, -0.05) is 30.7 Å². The van der Waals surface area contributed by atoms with Crippen LogP contribution in [0.4, 0.5) is 11.4 Å². The van der Waals surface area contributed by atoms with Crippen molar-refractivity contribution in [1.29, 1.82) is 0 Å². The Labute approximate surface area is 177 Å². The predicted octanol–water partition coefficient (Wildman–Crippen LogP) is 4.14. The van der Waals surface area contributed by atoms with E-state index in [0.29, 0.717) is 36.4 Å². The summed E-state index contributed by atoms with van der Waals surface area (Å²) in [5.74, 6) is -0.471. The SMILES string of the molecule is CCC(=O)Nc1ccc(C)c(NC(=O)C2CCCN(C(=O)c3ccc(C)cc3)C2)c1. The van der Waals surface area contributed by atoms with Gasteiger partial charge in [-0.05, 0) is 56.5 Å². The van der Waals surface area contributed by atoms with Crippen molar-refractivity contribution in [3.63, 3.8) is 0 Å². The fourth-order valence-electron chi connectivity index (χ4n) is 3.57. The molecule has 0 spiro atoms. The first-order valence-corrected chi connectivity index (χ1v) is 10.4. The highest BCUT2D eigenvalue weighted by molar-refractivity contribution is 5.97. The fraction of sp³-hybridized carbons (Fsp3) is 0.375. The van der Waals surface area contributed by atoms with Crippen LogP contribution in [0.5, 0.6) is 0 Å². The Kier molecular flexibility index (Phi) is 6.87. The van der Waals surface area contributed by atoms with Crippen LogP contribution in [-0.2, 0) is 9.59 Å². The van der Waals surface area contributed by atoms with E-state index in [1.54, 1.807) is 17.9 Å². The molecule has 0 bridgehead atoms. The molecule has 30 heavy (non-hydrogen) atoms. The number of likely N-dealkylation sites (tertiary alicyclic amines) is 1. The molecule has 1 atom stereocenters. The normalized spacial score (nSPS) is 16.1. The molecule has 0 aliphatic carbocycles. The lowest BCUT2D eigenvalue weighted by Crippen LogP contribution is -2.43. The number of aryl methyl sites for hydroxylation is 2. The Hall–Kier alpha value is -3.15. The smallest absolute Gasteiger partial charge is 0.253 e. The molecule has 1 aliphatic heterocycles. The summed E-state index contributed by atoms with van der Waals surface area (Å²) in [5.41, 5.74) is 4.01. The van der Waals surface area contributed by atoms with Crippen LogP contribution in [0.3, 0.4) is 0 Å². The Bertz CT molecular complexity index is 937. The number of amides is 3. The summed E-state index contributed by atoms with van der Waals surface area (Å²) >= 11 is 0. The molecule has 1 unspecified atom stereocenters. The molecule has 0 saturated carbocycles. The first kappa shape index (κ1) is 21.6. The average molecular weight is 408 g/mol. The number of hydrogen-bond donors (Lipinski definition) is 2. The number of anilines is 2. The topological polar surface area (TPSA) is 78.5 Å². The first-order valence-electron chi connectivity index (χ1n) is 10.4. The van der Waals surface area contributed by atoms with Crippen molar-refractivity contribution in [2.24, 2.45) is 5.92 Å². The summed E-state index contributed by atoms with van der Waals surface area (Å²) in [7, 11) is 0. The minimum Gasteiger partial charge on any atom is -0.338 e. The zero-order valence-corrected chi connectivity index (χ0v) is 17.8. The molecule has 6 nitrogen and oxygen atoms in total. The summed E-state index contributed by atoms with van der Waals surface area (Å²) in [6.07, 6.45) is 1.93.